The van der Waals surface area contributed by atoms with Crippen LogP contribution in [0, 0.1) is 12.8 Å². The monoisotopic (exact) mass is 312 g/mol. The van der Waals surface area contributed by atoms with Gasteiger partial charge in [-0.3, -0.25) is 4.98 Å². The summed E-state index contributed by atoms with van der Waals surface area (Å²) in [4.78, 5) is 15.7. The number of anilines is 1. The molecule has 1 aliphatic rings. The average Bonchev–Trinajstić information content (AvgIpc) is 2.61. The van der Waals surface area contributed by atoms with Crippen LogP contribution in [0.3, 0.4) is 0 Å². The lowest BCUT2D eigenvalue weighted by Gasteiger charge is -2.34. The maximum absolute atomic E-state index is 10.0. The Labute approximate surface area is 137 Å². The largest absolute Gasteiger partial charge is 0.393 e. The molecule has 1 unspecified atom stereocenters. The van der Waals surface area contributed by atoms with E-state index in [0.717, 1.165) is 55.3 Å². The first kappa shape index (κ1) is 15.9. The van der Waals surface area contributed by atoms with E-state index in [0.29, 0.717) is 5.92 Å². The highest BCUT2D eigenvalue weighted by molar-refractivity contribution is 5.56. The zero-order valence-corrected chi connectivity index (χ0v) is 13.8. The summed E-state index contributed by atoms with van der Waals surface area (Å²) >= 11 is 0. The maximum atomic E-state index is 10.0. The highest BCUT2D eigenvalue weighted by Crippen LogP contribution is 2.27. The zero-order chi connectivity index (χ0) is 16.2. The first-order chi connectivity index (χ1) is 11.2. The van der Waals surface area contributed by atoms with Gasteiger partial charge >= 0.3 is 0 Å². The molecule has 2 aromatic heterocycles. The molecule has 1 aliphatic heterocycles. The topological polar surface area (TPSA) is 62.1 Å². The van der Waals surface area contributed by atoms with Crippen LogP contribution in [0.5, 0.6) is 0 Å². The third kappa shape index (κ3) is 3.67. The Morgan fingerprint density at radius 3 is 2.74 bits per heavy atom. The SMILES string of the molecule is CCC(O)C1CCN(c2cc(C)nc(-c3cccnc3)n2)CC1. The van der Waals surface area contributed by atoms with Crippen molar-refractivity contribution in [3.05, 3.63) is 36.3 Å². The van der Waals surface area contributed by atoms with E-state index >= 15 is 0 Å². The zero-order valence-electron chi connectivity index (χ0n) is 13.8. The van der Waals surface area contributed by atoms with E-state index in [4.69, 9.17) is 4.98 Å². The summed E-state index contributed by atoms with van der Waals surface area (Å²) in [5, 5.41) is 10.0. The van der Waals surface area contributed by atoms with E-state index in [1.165, 1.54) is 0 Å². The summed E-state index contributed by atoms with van der Waals surface area (Å²) in [5.74, 6) is 2.11. The second-order valence-corrected chi connectivity index (χ2v) is 6.23. The van der Waals surface area contributed by atoms with Crippen molar-refractivity contribution in [1.29, 1.82) is 0 Å². The van der Waals surface area contributed by atoms with E-state index < -0.39 is 0 Å². The van der Waals surface area contributed by atoms with Crippen molar-refractivity contribution < 1.29 is 5.11 Å². The quantitative estimate of drug-likeness (QED) is 0.940. The lowest BCUT2D eigenvalue weighted by atomic mass is 9.90. The lowest BCUT2D eigenvalue weighted by Crippen LogP contribution is -2.38. The first-order valence-corrected chi connectivity index (χ1v) is 8.36. The molecule has 3 rings (SSSR count). The van der Waals surface area contributed by atoms with Gasteiger partial charge in [0.1, 0.15) is 5.82 Å². The molecule has 3 heterocycles. The van der Waals surface area contributed by atoms with Crippen LogP contribution < -0.4 is 4.90 Å². The molecule has 1 N–H and O–H groups in total. The van der Waals surface area contributed by atoms with Crippen LogP contribution in [0.1, 0.15) is 31.9 Å². The number of aryl methyl sites for hydroxylation is 1. The Hall–Kier alpha value is -2.01. The Bertz CT molecular complexity index is 639. The van der Waals surface area contributed by atoms with Crippen molar-refractivity contribution in [3.63, 3.8) is 0 Å². The van der Waals surface area contributed by atoms with Crippen LogP contribution in [0.4, 0.5) is 5.82 Å². The van der Waals surface area contributed by atoms with Gasteiger partial charge in [-0.2, -0.15) is 0 Å². The molecule has 1 fully saturated rings. The standard InChI is InChI=1S/C18H24N4O/c1-3-16(23)14-6-9-22(10-7-14)17-11-13(2)20-18(21-17)15-5-4-8-19-12-15/h4-5,8,11-12,14,16,23H,3,6-7,9-10H2,1-2H3. The summed E-state index contributed by atoms with van der Waals surface area (Å²) in [7, 11) is 0. The highest BCUT2D eigenvalue weighted by atomic mass is 16.3. The molecular formula is C18H24N4O. The van der Waals surface area contributed by atoms with Gasteiger partial charge in [0.05, 0.1) is 6.10 Å². The second kappa shape index (κ2) is 7.04. The van der Waals surface area contributed by atoms with Crippen molar-refractivity contribution in [2.45, 2.75) is 39.2 Å². The first-order valence-electron chi connectivity index (χ1n) is 8.36. The summed E-state index contributed by atoms with van der Waals surface area (Å²) in [6, 6.07) is 5.92. The molecule has 0 aliphatic carbocycles. The van der Waals surface area contributed by atoms with Crippen LogP contribution >= 0.6 is 0 Å². The van der Waals surface area contributed by atoms with Crippen LogP contribution in [0.25, 0.3) is 11.4 Å². The van der Waals surface area contributed by atoms with Crippen LogP contribution in [0.15, 0.2) is 30.6 Å². The summed E-state index contributed by atoms with van der Waals surface area (Å²) in [6.45, 7) is 5.92. The molecule has 0 aromatic carbocycles. The molecule has 1 atom stereocenters. The summed E-state index contributed by atoms with van der Waals surface area (Å²) in [5.41, 5.74) is 1.90. The van der Waals surface area contributed by atoms with Gasteiger partial charge in [0.25, 0.3) is 0 Å². The number of aliphatic hydroxyl groups excluding tert-OH is 1. The van der Waals surface area contributed by atoms with E-state index in [1.54, 1.807) is 12.4 Å². The number of pyridine rings is 1. The molecule has 1 saturated heterocycles. The third-order valence-corrected chi connectivity index (χ3v) is 4.59. The number of rotatable bonds is 4. The number of aromatic nitrogens is 3. The molecule has 0 saturated carbocycles. The number of aliphatic hydroxyl groups is 1. The molecule has 0 spiro atoms. The Morgan fingerprint density at radius 1 is 1.30 bits per heavy atom. The lowest BCUT2D eigenvalue weighted by molar-refractivity contribution is 0.0892. The number of hydrogen-bond acceptors (Lipinski definition) is 5. The van der Waals surface area contributed by atoms with Gasteiger partial charge in [-0.15, -0.1) is 0 Å². The second-order valence-electron chi connectivity index (χ2n) is 6.23. The predicted molar refractivity (Wildman–Crippen MR) is 91.2 cm³/mol. The maximum Gasteiger partial charge on any atom is 0.163 e. The van der Waals surface area contributed by atoms with Crippen LogP contribution in [0.2, 0.25) is 0 Å². The van der Waals surface area contributed by atoms with Crippen molar-refractivity contribution >= 4 is 5.82 Å². The molecular weight excluding hydrogens is 288 g/mol. The Balaban J connectivity index is 1.78. The van der Waals surface area contributed by atoms with Gasteiger partial charge in [-0.25, -0.2) is 9.97 Å². The molecule has 5 heteroatoms. The number of hydrogen-bond donors (Lipinski definition) is 1. The normalized spacial score (nSPS) is 17.3. The Morgan fingerprint density at radius 2 is 2.09 bits per heavy atom. The van der Waals surface area contributed by atoms with Gasteiger partial charge in [0.2, 0.25) is 0 Å². The van der Waals surface area contributed by atoms with Crippen LogP contribution in [-0.2, 0) is 0 Å². The van der Waals surface area contributed by atoms with Gasteiger partial charge in [-0.1, -0.05) is 6.92 Å². The predicted octanol–water partition coefficient (Wildman–Crippen LogP) is 2.83. The van der Waals surface area contributed by atoms with Crippen molar-refractivity contribution in [3.8, 4) is 11.4 Å². The molecule has 23 heavy (non-hydrogen) atoms. The minimum Gasteiger partial charge on any atom is -0.393 e. The van der Waals surface area contributed by atoms with Crippen molar-refractivity contribution in [2.75, 3.05) is 18.0 Å². The molecule has 2 aromatic rings. The number of piperidine rings is 1. The molecule has 0 amide bonds. The summed E-state index contributed by atoms with van der Waals surface area (Å²) < 4.78 is 0. The minimum atomic E-state index is -0.171. The van der Waals surface area contributed by atoms with Crippen molar-refractivity contribution in [1.82, 2.24) is 15.0 Å². The average molecular weight is 312 g/mol. The van der Waals surface area contributed by atoms with E-state index in [-0.39, 0.29) is 6.10 Å². The molecule has 5 nitrogen and oxygen atoms in total. The van der Waals surface area contributed by atoms with Gasteiger partial charge in [0, 0.05) is 42.8 Å². The molecule has 0 bridgehead atoms. The van der Waals surface area contributed by atoms with E-state index in [2.05, 4.69) is 14.9 Å². The van der Waals surface area contributed by atoms with E-state index in [9.17, 15) is 5.11 Å². The van der Waals surface area contributed by atoms with Crippen molar-refractivity contribution in [2.24, 2.45) is 5.92 Å². The third-order valence-electron chi connectivity index (χ3n) is 4.59. The number of nitrogens with zero attached hydrogens (tertiary/aromatic N) is 4. The van der Waals surface area contributed by atoms with E-state index in [1.807, 2.05) is 32.0 Å². The van der Waals surface area contributed by atoms with Crippen LogP contribution in [-0.4, -0.2) is 39.3 Å². The Kier molecular flexibility index (Phi) is 4.86. The fraction of sp³-hybridized carbons (Fsp3) is 0.500. The summed E-state index contributed by atoms with van der Waals surface area (Å²) in [6.07, 6.45) is 6.24. The minimum absolute atomic E-state index is 0.171. The molecule has 122 valence electrons. The van der Waals surface area contributed by atoms with Gasteiger partial charge in [-0.05, 0) is 44.2 Å². The highest BCUT2D eigenvalue weighted by Gasteiger charge is 2.25. The smallest absolute Gasteiger partial charge is 0.163 e. The fourth-order valence-electron chi connectivity index (χ4n) is 3.18. The van der Waals surface area contributed by atoms with Gasteiger partial charge in [0.15, 0.2) is 5.82 Å². The van der Waals surface area contributed by atoms with Gasteiger partial charge < -0.3 is 10.0 Å². The fourth-order valence-corrected chi connectivity index (χ4v) is 3.18. The molecule has 0 radical (unpaired) electrons.